The van der Waals surface area contributed by atoms with Crippen LogP contribution in [0.4, 0.5) is 4.39 Å². The van der Waals surface area contributed by atoms with Crippen molar-refractivity contribution in [3.63, 3.8) is 0 Å². The lowest BCUT2D eigenvalue weighted by molar-refractivity contribution is 0.151. The van der Waals surface area contributed by atoms with Crippen molar-refractivity contribution in [1.29, 1.82) is 0 Å². The second-order valence-electron chi connectivity index (χ2n) is 7.93. The minimum atomic E-state index is -3.17. The fourth-order valence-corrected chi connectivity index (χ4v) is 5.04. The summed E-state index contributed by atoms with van der Waals surface area (Å²) in [4.78, 5) is 0. The monoisotopic (exact) mass is 422 g/mol. The molecule has 0 aromatic heterocycles. The first-order valence-corrected chi connectivity index (χ1v) is 10.8. The molecule has 5 nitrogen and oxygen atoms in total. The number of aliphatic hydroxyl groups is 1. The second kappa shape index (κ2) is 10.2. The van der Waals surface area contributed by atoms with E-state index in [4.69, 9.17) is 0 Å². The highest BCUT2D eigenvalue weighted by atomic mass is 35.5. The van der Waals surface area contributed by atoms with Crippen LogP contribution in [0.25, 0.3) is 0 Å². The Morgan fingerprint density at radius 2 is 1.89 bits per heavy atom. The third kappa shape index (κ3) is 7.31. The molecule has 1 saturated carbocycles. The van der Waals surface area contributed by atoms with Gasteiger partial charge in [0.15, 0.2) is 0 Å². The zero-order valence-electron chi connectivity index (χ0n) is 16.2. The van der Waals surface area contributed by atoms with Crippen LogP contribution in [0.15, 0.2) is 24.3 Å². The first-order valence-electron chi connectivity index (χ1n) is 9.24. The van der Waals surface area contributed by atoms with Crippen molar-refractivity contribution in [1.82, 2.24) is 10.0 Å². The van der Waals surface area contributed by atoms with Gasteiger partial charge in [-0.25, -0.2) is 17.5 Å². The number of β-amino-alcohol motifs (C(OH)–C–C–N with tert-alkyl or cyclic N) is 1. The van der Waals surface area contributed by atoms with Crippen LogP contribution >= 0.6 is 12.4 Å². The molecule has 0 aliphatic heterocycles. The van der Waals surface area contributed by atoms with E-state index < -0.39 is 16.1 Å². The Hall–Kier alpha value is -0.730. The van der Waals surface area contributed by atoms with Gasteiger partial charge in [-0.1, -0.05) is 12.1 Å². The van der Waals surface area contributed by atoms with Gasteiger partial charge in [0.1, 0.15) is 5.82 Å². The predicted molar refractivity (Wildman–Crippen MR) is 109 cm³/mol. The summed E-state index contributed by atoms with van der Waals surface area (Å²) in [7, 11) is -1.70. The molecule has 0 saturated heterocycles. The molecule has 0 unspecified atom stereocenters. The van der Waals surface area contributed by atoms with Crippen molar-refractivity contribution in [3.05, 3.63) is 35.6 Å². The van der Waals surface area contributed by atoms with Gasteiger partial charge in [-0.15, -0.1) is 12.4 Å². The van der Waals surface area contributed by atoms with Crippen LogP contribution in [0.1, 0.15) is 57.6 Å². The summed E-state index contributed by atoms with van der Waals surface area (Å²) in [5, 5.41) is 13.4. The molecule has 3 N–H and O–H groups in total. The Bertz CT molecular complexity index is 692. The quantitative estimate of drug-likeness (QED) is 0.601. The molecule has 1 aromatic carbocycles. The summed E-state index contributed by atoms with van der Waals surface area (Å²) in [6.07, 6.45) is 3.31. The van der Waals surface area contributed by atoms with Gasteiger partial charge >= 0.3 is 0 Å². The molecule has 0 heterocycles. The van der Waals surface area contributed by atoms with E-state index in [-0.39, 0.29) is 29.0 Å². The van der Waals surface area contributed by atoms with E-state index in [2.05, 4.69) is 23.9 Å². The Labute approximate surface area is 168 Å². The van der Waals surface area contributed by atoms with Gasteiger partial charge in [-0.2, -0.15) is 0 Å². The summed E-state index contributed by atoms with van der Waals surface area (Å²) in [6.45, 7) is 4.52. The number of rotatable bonds is 8. The van der Waals surface area contributed by atoms with Gasteiger partial charge in [-0.3, -0.25) is 0 Å². The lowest BCUT2D eigenvalue weighted by Crippen LogP contribution is -2.44. The van der Waals surface area contributed by atoms with Gasteiger partial charge in [0.25, 0.3) is 0 Å². The van der Waals surface area contributed by atoms with Crippen LogP contribution in [0.2, 0.25) is 0 Å². The molecule has 156 valence electrons. The van der Waals surface area contributed by atoms with Crippen molar-refractivity contribution in [2.75, 3.05) is 13.6 Å². The Balaban J connectivity index is 0.00000364. The van der Waals surface area contributed by atoms with E-state index in [1.807, 2.05) is 0 Å². The average molecular weight is 423 g/mol. The molecule has 1 aromatic rings. The highest BCUT2D eigenvalue weighted by Gasteiger charge is 2.32. The van der Waals surface area contributed by atoms with Gasteiger partial charge in [0.2, 0.25) is 10.0 Å². The molecule has 0 radical (unpaired) electrons. The average Bonchev–Trinajstić information content (AvgIpc) is 2.60. The van der Waals surface area contributed by atoms with Gasteiger partial charge in [-0.05, 0) is 76.6 Å². The van der Waals surface area contributed by atoms with E-state index in [0.717, 1.165) is 19.3 Å². The summed E-state index contributed by atoms with van der Waals surface area (Å²) in [6, 6.07) is 6.02. The van der Waals surface area contributed by atoms with E-state index in [0.29, 0.717) is 30.9 Å². The van der Waals surface area contributed by atoms with E-state index in [9.17, 15) is 17.9 Å². The Kier molecular flexibility index (Phi) is 9.15. The SMILES string of the molecule is CNS(=O)(=O)C1CCC(CC(C)(C)NC[C@H](O)c2cccc(F)c2)CC1.Cl. The molecular weight excluding hydrogens is 391 g/mol. The molecule has 0 bridgehead atoms. The third-order valence-electron chi connectivity index (χ3n) is 5.32. The fourth-order valence-electron chi connectivity index (χ4n) is 3.81. The fraction of sp³-hybridized carbons (Fsp3) is 0.684. The number of sulfonamides is 1. The molecule has 1 aliphatic carbocycles. The zero-order valence-corrected chi connectivity index (χ0v) is 17.9. The smallest absolute Gasteiger partial charge is 0.214 e. The molecular formula is C19H32ClFN2O3S. The zero-order chi connectivity index (χ0) is 19.4. The highest BCUT2D eigenvalue weighted by Crippen LogP contribution is 2.33. The second-order valence-corrected chi connectivity index (χ2v) is 10.1. The van der Waals surface area contributed by atoms with Crippen LogP contribution in [0.3, 0.4) is 0 Å². The third-order valence-corrected chi connectivity index (χ3v) is 7.24. The number of benzene rings is 1. The molecule has 8 heteroatoms. The van der Waals surface area contributed by atoms with Crippen molar-refractivity contribution in [3.8, 4) is 0 Å². The molecule has 27 heavy (non-hydrogen) atoms. The summed E-state index contributed by atoms with van der Waals surface area (Å²) in [5.74, 6) is 0.112. The molecule has 0 amide bonds. The standard InChI is InChI=1S/C19H31FN2O3S.ClH/c1-19(2,22-13-18(23)15-5-4-6-16(20)11-15)12-14-7-9-17(10-8-14)26(24,25)21-3;/h4-6,11,14,17-18,21-23H,7-10,12-13H2,1-3H3;1H/t14?,17?,18-;/m0./s1. The minimum absolute atomic E-state index is 0. The lowest BCUT2D eigenvalue weighted by Gasteiger charge is -2.35. The number of aliphatic hydroxyl groups excluding tert-OH is 1. The van der Waals surface area contributed by atoms with Gasteiger partial charge in [0.05, 0.1) is 11.4 Å². The maximum absolute atomic E-state index is 13.3. The minimum Gasteiger partial charge on any atom is -0.387 e. The number of halogens is 2. The highest BCUT2D eigenvalue weighted by molar-refractivity contribution is 7.90. The van der Waals surface area contributed by atoms with Crippen molar-refractivity contribution in [2.24, 2.45) is 5.92 Å². The summed E-state index contributed by atoms with van der Waals surface area (Å²) in [5.41, 5.74) is 0.374. The van der Waals surface area contributed by atoms with Crippen molar-refractivity contribution < 1.29 is 17.9 Å². The number of hydrogen-bond donors (Lipinski definition) is 3. The predicted octanol–water partition coefficient (Wildman–Crippen LogP) is 3.15. The van der Waals surface area contributed by atoms with Crippen LogP contribution in [0.5, 0.6) is 0 Å². The van der Waals surface area contributed by atoms with E-state index in [1.165, 1.54) is 19.2 Å². The largest absolute Gasteiger partial charge is 0.387 e. The topological polar surface area (TPSA) is 78.4 Å². The van der Waals surface area contributed by atoms with E-state index in [1.54, 1.807) is 12.1 Å². The molecule has 1 atom stereocenters. The van der Waals surface area contributed by atoms with Gasteiger partial charge < -0.3 is 10.4 Å². The van der Waals surface area contributed by atoms with Gasteiger partial charge in [0, 0.05) is 12.1 Å². The molecule has 0 spiro atoms. The van der Waals surface area contributed by atoms with Crippen LogP contribution in [-0.2, 0) is 10.0 Å². The van der Waals surface area contributed by atoms with Crippen LogP contribution in [-0.4, -0.2) is 37.9 Å². The Morgan fingerprint density at radius 1 is 1.26 bits per heavy atom. The van der Waals surface area contributed by atoms with Crippen LogP contribution < -0.4 is 10.0 Å². The van der Waals surface area contributed by atoms with Crippen molar-refractivity contribution >= 4 is 22.4 Å². The maximum atomic E-state index is 13.3. The summed E-state index contributed by atoms with van der Waals surface area (Å²) < 4.78 is 39.5. The van der Waals surface area contributed by atoms with Crippen molar-refractivity contribution in [2.45, 2.75) is 62.8 Å². The number of hydrogen-bond acceptors (Lipinski definition) is 4. The first-order chi connectivity index (χ1) is 12.1. The van der Waals surface area contributed by atoms with E-state index >= 15 is 0 Å². The normalized spacial score (nSPS) is 22.1. The molecule has 1 aliphatic rings. The lowest BCUT2D eigenvalue weighted by atomic mass is 9.80. The molecule has 2 rings (SSSR count). The van der Waals surface area contributed by atoms with Crippen LogP contribution in [0, 0.1) is 11.7 Å². The number of nitrogens with one attached hydrogen (secondary N) is 2. The maximum Gasteiger partial charge on any atom is 0.214 e. The summed E-state index contributed by atoms with van der Waals surface area (Å²) >= 11 is 0. The first kappa shape index (κ1) is 24.3. The Morgan fingerprint density at radius 3 is 2.44 bits per heavy atom. The molecule has 1 fully saturated rings.